The summed E-state index contributed by atoms with van der Waals surface area (Å²) in [6.45, 7) is 0.863. The second-order valence-corrected chi connectivity index (χ2v) is 5.34. The van der Waals surface area contributed by atoms with Crippen LogP contribution in [0.3, 0.4) is 0 Å². The fraction of sp³-hybridized carbons (Fsp3) is 0.222. The Bertz CT molecular complexity index is 743. The number of anilines is 1. The van der Waals surface area contributed by atoms with Crippen molar-refractivity contribution in [2.45, 2.75) is 6.42 Å². The normalized spacial score (nSPS) is 12.9. The highest BCUT2D eigenvalue weighted by molar-refractivity contribution is 6.01. The number of para-hydroxylation sites is 1. The standard InChI is InChI=1S/C18H18N2O3/c1-23-15-7-4-6-14(11-15)18(22)19-9-10-20-16-8-3-2-5-13(16)12-17(20)21/h2-8,11H,9-10,12H2,1H3,(H,19,22). The molecule has 0 unspecified atom stereocenters. The van der Waals surface area contributed by atoms with E-state index in [1.54, 1.807) is 36.3 Å². The molecule has 3 rings (SSSR count). The predicted octanol–water partition coefficient (Wildman–Crippen LogP) is 2.01. The zero-order valence-corrected chi connectivity index (χ0v) is 12.9. The molecular formula is C18H18N2O3. The summed E-state index contributed by atoms with van der Waals surface area (Å²) in [5, 5.41) is 2.84. The molecule has 1 aliphatic heterocycles. The summed E-state index contributed by atoms with van der Waals surface area (Å²) in [5.74, 6) is 0.534. The van der Waals surface area contributed by atoms with Crippen molar-refractivity contribution in [1.29, 1.82) is 0 Å². The number of hydrogen-bond acceptors (Lipinski definition) is 3. The monoisotopic (exact) mass is 310 g/mol. The summed E-state index contributed by atoms with van der Waals surface area (Å²) >= 11 is 0. The second kappa shape index (κ2) is 6.52. The molecule has 0 radical (unpaired) electrons. The highest BCUT2D eigenvalue weighted by Crippen LogP contribution is 2.27. The van der Waals surface area contributed by atoms with Crippen LogP contribution in [0.5, 0.6) is 5.75 Å². The smallest absolute Gasteiger partial charge is 0.251 e. The van der Waals surface area contributed by atoms with Crippen molar-refractivity contribution in [2.75, 3.05) is 25.1 Å². The van der Waals surface area contributed by atoms with Crippen LogP contribution in [0.1, 0.15) is 15.9 Å². The van der Waals surface area contributed by atoms with E-state index in [4.69, 9.17) is 4.74 Å². The molecule has 2 aromatic carbocycles. The van der Waals surface area contributed by atoms with Gasteiger partial charge in [-0.25, -0.2) is 0 Å². The maximum Gasteiger partial charge on any atom is 0.251 e. The van der Waals surface area contributed by atoms with E-state index >= 15 is 0 Å². The number of nitrogens with zero attached hydrogens (tertiary/aromatic N) is 1. The van der Waals surface area contributed by atoms with E-state index in [2.05, 4.69) is 5.32 Å². The second-order valence-electron chi connectivity index (χ2n) is 5.34. The summed E-state index contributed by atoms with van der Waals surface area (Å²) in [7, 11) is 1.56. The SMILES string of the molecule is COc1cccc(C(=O)NCCN2C(=O)Cc3ccccc32)c1. The molecule has 2 aromatic rings. The van der Waals surface area contributed by atoms with Crippen LogP contribution in [-0.4, -0.2) is 32.0 Å². The quantitative estimate of drug-likeness (QED) is 0.919. The lowest BCUT2D eigenvalue weighted by Gasteiger charge is -2.17. The zero-order valence-electron chi connectivity index (χ0n) is 12.9. The highest BCUT2D eigenvalue weighted by atomic mass is 16.5. The van der Waals surface area contributed by atoms with Crippen LogP contribution < -0.4 is 15.0 Å². The molecule has 0 saturated heterocycles. The van der Waals surface area contributed by atoms with Gasteiger partial charge < -0.3 is 15.0 Å². The van der Waals surface area contributed by atoms with Crippen LogP contribution in [-0.2, 0) is 11.2 Å². The third-order valence-corrected chi connectivity index (χ3v) is 3.88. The molecule has 1 N–H and O–H groups in total. The van der Waals surface area contributed by atoms with Crippen molar-refractivity contribution in [3.63, 3.8) is 0 Å². The number of fused-ring (bicyclic) bond motifs is 1. The summed E-state index contributed by atoms with van der Waals surface area (Å²) in [4.78, 5) is 25.9. The van der Waals surface area contributed by atoms with Crippen molar-refractivity contribution < 1.29 is 14.3 Å². The first-order chi connectivity index (χ1) is 11.2. The number of rotatable bonds is 5. The van der Waals surface area contributed by atoms with E-state index in [0.29, 0.717) is 30.8 Å². The molecule has 0 atom stereocenters. The van der Waals surface area contributed by atoms with Gasteiger partial charge in [0.15, 0.2) is 0 Å². The Kier molecular flexibility index (Phi) is 4.28. The van der Waals surface area contributed by atoms with Gasteiger partial charge in [-0.2, -0.15) is 0 Å². The number of hydrogen-bond donors (Lipinski definition) is 1. The minimum Gasteiger partial charge on any atom is -0.497 e. The third-order valence-electron chi connectivity index (χ3n) is 3.88. The minimum absolute atomic E-state index is 0.0711. The van der Waals surface area contributed by atoms with Crippen LogP contribution >= 0.6 is 0 Å². The lowest BCUT2D eigenvalue weighted by molar-refractivity contribution is -0.117. The molecule has 0 aromatic heterocycles. The van der Waals surface area contributed by atoms with Crippen LogP contribution in [0.2, 0.25) is 0 Å². The fourth-order valence-corrected chi connectivity index (χ4v) is 2.71. The molecule has 23 heavy (non-hydrogen) atoms. The van der Waals surface area contributed by atoms with Crippen LogP contribution in [0.4, 0.5) is 5.69 Å². The Hall–Kier alpha value is -2.82. The van der Waals surface area contributed by atoms with Gasteiger partial charge in [-0.3, -0.25) is 9.59 Å². The molecule has 118 valence electrons. The summed E-state index contributed by atoms with van der Waals surface area (Å²) in [5.41, 5.74) is 2.52. The zero-order chi connectivity index (χ0) is 16.2. The average Bonchev–Trinajstić information content (AvgIpc) is 2.90. The number of methoxy groups -OCH3 is 1. The van der Waals surface area contributed by atoms with Crippen LogP contribution in [0.15, 0.2) is 48.5 Å². The van der Waals surface area contributed by atoms with E-state index in [9.17, 15) is 9.59 Å². The lowest BCUT2D eigenvalue weighted by atomic mass is 10.2. The van der Waals surface area contributed by atoms with Crippen molar-refractivity contribution in [3.05, 3.63) is 59.7 Å². The highest BCUT2D eigenvalue weighted by Gasteiger charge is 2.26. The van der Waals surface area contributed by atoms with Gasteiger partial charge in [0.25, 0.3) is 5.91 Å². The van der Waals surface area contributed by atoms with Gasteiger partial charge in [-0.1, -0.05) is 24.3 Å². The van der Waals surface area contributed by atoms with Gasteiger partial charge in [0.05, 0.1) is 13.5 Å². The molecule has 5 nitrogen and oxygen atoms in total. The molecule has 0 spiro atoms. The Morgan fingerprint density at radius 1 is 1.22 bits per heavy atom. The Morgan fingerprint density at radius 3 is 2.87 bits per heavy atom. The summed E-state index contributed by atoms with van der Waals surface area (Å²) in [6, 6.07) is 14.7. The van der Waals surface area contributed by atoms with Gasteiger partial charge in [0, 0.05) is 24.3 Å². The summed E-state index contributed by atoms with van der Waals surface area (Å²) in [6.07, 6.45) is 0.431. The van der Waals surface area contributed by atoms with Crippen molar-refractivity contribution >= 4 is 17.5 Å². The predicted molar refractivity (Wildman–Crippen MR) is 87.8 cm³/mol. The van der Waals surface area contributed by atoms with Crippen molar-refractivity contribution in [2.24, 2.45) is 0 Å². The van der Waals surface area contributed by atoms with Gasteiger partial charge in [-0.05, 0) is 29.8 Å². The van der Waals surface area contributed by atoms with E-state index in [1.807, 2.05) is 24.3 Å². The van der Waals surface area contributed by atoms with Crippen molar-refractivity contribution in [3.8, 4) is 5.75 Å². The van der Waals surface area contributed by atoms with E-state index in [1.165, 1.54) is 0 Å². The molecule has 1 heterocycles. The van der Waals surface area contributed by atoms with Crippen molar-refractivity contribution in [1.82, 2.24) is 5.32 Å². The number of carbonyl (C=O) groups excluding carboxylic acids is 2. The number of benzene rings is 2. The first kappa shape index (κ1) is 15.1. The Labute approximate surface area is 134 Å². The maximum absolute atomic E-state index is 12.1. The molecule has 2 amide bonds. The molecule has 0 saturated carbocycles. The fourth-order valence-electron chi connectivity index (χ4n) is 2.71. The number of carbonyl (C=O) groups is 2. The summed E-state index contributed by atoms with van der Waals surface area (Å²) < 4.78 is 5.11. The molecule has 0 aliphatic carbocycles. The van der Waals surface area contributed by atoms with E-state index in [-0.39, 0.29) is 11.8 Å². The van der Waals surface area contributed by atoms with E-state index in [0.717, 1.165) is 11.3 Å². The number of nitrogens with one attached hydrogen (secondary N) is 1. The van der Waals surface area contributed by atoms with Gasteiger partial charge in [0.1, 0.15) is 5.75 Å². The van der Waals surface area contributed by atoms with Crippen LogP contribution in [0, 0.1) is 0 Å². The molecule has 0 bridgehead atoms. The topological polar surface area (TPSA) is 58.6 Å². The first-order valence-corrected chi connectivity index (χ1v) is 7.49. The number of amides is 2. The third kappa shape index (κ3) is 3.18. The van der Waals surface area contributed by atoms with E-state index < -0.39 is 0 Å². The minimum atomic E-state index is -0.177. The Morgan fingerprint density at radius 2 is 2.04 bits per heavy atom. The molecular weight excluding hydrogens is 292 g/mol. The molecule has 1 aliphatic rings. The van der Waals surface area contributed by atoms with Gasteiger partial charge in [0.2, 0.25) is 5.91 Å². The van der Waals surface area contributed by atoms with Gasteiger partial charge in [-0.15, -0.1) is 0 Å². The first-order valence-electron chi connectivity index (χ1n) is 7.49. The molecule has 0 fully saturated rings. The number of ether oxygens (including phenoxy) is 1. The lowest BCUT2D eigenvalue weighted by Crippen LogP contribution is -2.36. The maximum atomic E-state index is 12.1. The largest absolute Gasteiger partial charge is 0.497 e. The van der Waals surface area contributed by atoms with Gasteiger partial charge >= 0.3 is 0 Å². The molecule has 5 heteroatoms. The van der Waals surface area contributed by atoms with Crippen LogP contribution in [0.25, 0.3) is 0 Å². The average molecular weight is 310 g/mol. The Balaban J connectivity index is 1.59.